The largest absolute Gasteiger partial charge is 0.469 e. The van der Waals surface area contributed by atoms with Crippen LogP contribution in [0, 0.1) is 5.92 Å². The summed E-state index contributed by atoms with van der Waals surface area (Å²) in [5.41, 5.74) is 0. The number of rotatable bonds is 2. The van der Waals surface area contributed by atoms with Crippen LogP contribution in [0.3, 0.4) is 0 Å². The summed E-state index contributed by atoms with van der Waals surface area (Å²) in [5.74, 6) is -0.505. The fourth-order valence-corrected chi connectivity index (χ4v) is 1.68. The number of piperidine rings is 1. The van der Waals surface area contributed by atoms with E-state index in [4.69, 9.17) is 0 Å². The highest BCUT2D eigenvalue weighted by molar-refractivity contribution is 5.69. The maximum Gasteiger partial charge on any atom is 0.305 e. The molecule has 0 aromatic carbocycles. The van der Waals surface area contributed by atoms with Gasteiger partial charge in [0.15, 0.2) is 0 Å². The van der Waals surface area contributed by atoms with Crippen LogP contribution in [0.4, 0.5) is 4.39 Å². The number of esters is 1. The lowest BCUT2D eigenvalue weighted by Crippen LogP contribution is -2.40. The summed E-state index contributed by atoms with van der Waals surface area (Å²) in [5, 5.41) is 0. The van der Waals surface area contributed by atoms with Gasteiger partial charge in [0.25, 0.3) is 0 Å². The van der Waals surface area contributed by atoms with Crippen LogP contribution in [0.25, 0.3) is 0 Å². The minimum Gasteiger partial charge on any atom is -0.469 e. The highest BCUT2D eigenvalue weighted by Crippen LogP contribution is 2.22. The summed E-state index contributed by atoms with van der Waals surface area (Å²) < 4.78 is 17.8. The van der Waals surface area contributed by atoms with Gasteiger partial charge in [-0.3, -0.25) is 4.79 Å². The van der Waals surface area contributed by atoms with Gasteiger partial charge in [-0.25, -0.2) is 4.39 Å². The second kappa shape index (κ2) is 4.56. The SMILES string of the molecule is COC(=O)C[C@H]1CN(C)CC[C@H]1F. The number of carbonyl (C=O) groups is 1. The van der Waals surface area contributed by atoms with Crippen LogP contribution in [-0.2, 0) is 9.53 Å². The van der Waals surface area contributed by atoms with E-state index in [0.717, 1.165) is 6.54 Å². The Morgan fingerprint density at radius 3 is 3.00 bits per heavy atom. The molecule has 1 aliphatic heterocycles. The molecule has 0 aromatic rings. The van der Waals surface area contributed by atoms with Gasteiger partial charge < -0.3 is 9.64 Å². The van der Waals surface area contributed by atoms with Crippen molar-refractivity contribution in [2.24, 2.45) is 5.92 Å². The van der Waals surface area contributed by atoms with Crippen LogP contribution in [0.2, 0.25) is 0 Å². The van der Waals surface area contributed by atoms with E-state index in [1.165, 1.54) is 7.11 Å². The highest BCUT2D eigenvalue weighted by Gasteiger charge is 2.29. The third kappa shape index (κ3) is 2.95. The third-order valence-corrected chi connectivity index (χ3v) is 2.50. The van der Waals surface area contributed by atoms with Crippen molar-refractivity contribution in [2.45, 2.75) is 19.0 Å². The molecule has 0 aromatic heterocycles. The Kier molecular flexibility index (Phi) is 3.66. The summed E-state index contributed by atoms with van der Waals surface area (Å²) in [6, 6.07) is 0. The number of ether oxygens (including phenoxy) is 1. The van der Waals surface area contributed by atoms with Crippen molar-refractivity contribution in [3.8, 4) is 0 Å². The molecule has 0 amide bonds. The van der Waals surface area contributed by atoms with E-state index >= 15 is 0 Å². The Hall–Kier alpha value is -0.640. The van der Waals surface area contributed by atoms with Crippen LogP contribution < -0.4 is 0 Å². The Bertz CT molecular complexity index is 186. The molecule has 1 rings (SSSR count). The summed E-state index contributed by atoms with van der Waals surface area (Å²) >= 11 is 0. The predicted molar refractivity (Wildman–Crippen MR) is 47.1 cm³/mol. The van der Waals surface area contributed by atoms with E-state index < -0.39 is 6.17 Å². The maximum absolute atomic E-state index is 13.3. The molecule has 1 fully saturated rings. The molecule has 76 valence electrons. The molecule has 0 aliphatic carbocycles. The molecule has 2 atom stereocenters. The summed E-state index contributed by atoms with van der Waals surface area (Å²) in [4.78, 5) is 13.0. The molecule has 0 spiro atoms. The monoisotopic (exact) mass is 189 g/mol. The van der Waals surface area contributed by atoms with Gasteiger partial charge in [0.1, 0.15) is 6.17 Å². The first kappa shape index (κ1) is 10.4. The molecule has 0 unspecified atom stereocenters. The lowest BCUT2D eigenvalue weighted by molar-refractivity contribution is -0.142. The Morgan fingerprint density at radius 2 is 2.38 bits per heavy atom. The van der Waals surface area contributed by atoms with E-state index in [9.17, 15) is 9.18 Å². The predicted octanol–water partition coefficient (Wildman–Crippen LogP) is 0.839. The molecule has 1 saturated heterocycles. The van der Waals surface area contributed by atoms with E-state index in [0.29, 0.717) is 13.0 Å². The number of halogens is 1. The van der Waals surface area contributed by atoms with Gasteiger partial charge in [-0.15, -0.1) is 0 Å². The van der Waals surface area contributed by atoms with Crippen molar-refractivity contribution in [2.75, 3.05) is 27.2 Å². The Balaban J connectivity index is 2.41. The van der Waals surface area contributed by atoms with Gasteiger partial charge in [0, 0.05) is 19.0 Å². The van der Waals surface area contributed by atoms with Crippen LogP contribution in [0.5, 0.6) is 0 Å². The number of hydrogen-bond acceptors (Lipinski definition) is 3. The molecule has 13 heavy (non-hydrogen) atoms. The maximum atomic E-state index is 13.3. The van der Waals surface area contributed by atoms with E-state index in [1.807, 2.05) is 11.9 Å². The average Bonchev–Trinajstić information content (AvgIpc) is 2.11. The Labute approximate surface area is 77.9 Å². The van der Waals surface area contributed by atoms with Crippen molar-refractivity contribution in [1.29, 1.82) is 0 Å². The first-order valence-electron chi connectivity index (χ1n) is 4.53. The van der Waals surface area contributed by atoms with E-state index in [-0.39, 0.29) is 18.3 Å². The first-order valence-corrected chi connectivity index (χ1v) is 4.53. The van der Waals surface area contributed by atoms with Crippen molar-refractivity contribution >= 4 is 5.97 Å². The topological polar surface area (TPSA) is 29.5 Å². The van der Waals surface area contributed by atoms with Crippen molar-refractivity contribution in [1.82, 2.24) is 4.90 Å². The first-order chi connectivity index (χ1) is 6.13. The molecule has 1 aliphatic rings. The minimum atomic E-state index is -0.852. The van der Waals surface area contributed by atoms with Crippen LogP contribution >= 0.6 is 0 Å². The zero-order valence-corrected chi connectivity index (χ0v) is 8.12. The van der Waals surface area contributed by atoms with Gasteiger partial charge in [0.2, 0.25) is 0 Å². The van der Waals surface area contributed by atoms with Crippen molar-refractivity contribution in [3.63, 3.8) is 0 Å². The highest BCUT2D eigenvalue weighted by atomic mass is 19.1. The zero-order valence-electron chi connectivity index (χ0n) is 8.12. The number of likely N-dealkylation sites (tertiary alicyclic amines) is 1. The van der Waals surface area contributed by atoms with Crippen molar-refractivity contribution < 1.29 is 13.9 Å². The summed E-state index contributed by atoms with van der Waals surface area (Å²) in [6.45, 7) is 1.43. The molecule has 4 heteroatoms. The second-order valence-electron chi connectivity index (χ2n) is 3.61. The average molecular weight is 189 g/mol. The van der Waals surface area contributed by atoms with Gasteiger partial charge >= 0.3 is 5.97 Å². The summed E-state index contributed by atoms with van der Waals surface area (Å²) in [6.07, 6.45) is -0.129. The number of nitrogens with zero attached hydrogens (tertiary/aromatic N) is 1. The summed E-state index contributed by atoms with van der Waals surface area (Å²) in [7, 11) is 3.28. The lowest BCUT2D eigenvalue weighted by Gasteiger charge is -2.31. The molecule has 0 N–H and O–H groups in total. The number of hydrogen-bond donors (Lipinski definition) is 0. The quantitative estimate of drug-likeness (QED) is 0.603. The fraction of sp³-hybridized carbons (Fsp3) is 0.889. The number of carbonyl (C=O) groups excluding carboxylic acids is 1. The normalized spacial score (nSPS) is 30.1. The molecule has 0 radical (unpaired) electrons. The smallest absolute Gasteiger partial charge is 0.305 e. The van der Waals surface area contributed by atoms with Gasteiger partial charge in [-0.2, -0.15) is 0 Å². The fourth-order valence-electron chi connectivity index (χ4n) is 1.68. The van der Waals surface area contributed by atoms with Gasteiger partial charge in [-0.1, -0.05) is 0 Å². The van der Waals surface area contributed by atoms with Crippen LogP contribution in [0.1, 0.15) is 12.8 Å². The van der Waals surface area contributed by atoms with Crippen LogP contribution in [0.15, 0.2) is 0 Å². The molecule has 1 heterocycles. The van der Waals surface area contributed by atoms with Gasteiger partial charge in [0.05, 0.1) is 13.5 Å². The molecular formula is C9H16FNO2. The lowest BCUT2D eigenvalue weighted by atomic mass is 9.93. The van der Waals surface area contributed by atoms with Crippen molar-refractivity contribution in [3.05, 3.63) is 0 Å². The molecule has 0 bridgehead atoms. The van der Waals surface area contributed by atoms with Crippen LogP contribution in [-0.4, -0.2) is 44.3 Å². The van der Waals surface area contributed by atoms with E-state index in [1.54, 1.807) is 0 Å². The molecule has 3 nitrogen and oxygen atoms in total. The second-order valence-corrected chi connectivity index (χ2v) is 3.61. The standard InChI is InChI=1S/C9H16FNO2/c1-11-4-3-8(10)7(6-11)5-9(12)13-2/h7-8H,3-6H2,1-2H3/t7-,8+/m0/s1. The minimum absolute atomic E-state index is 0.189. The zero-order chi connectivity index (χ0) is 9.84. The van der Waals surface area contributed by atoms with E-state index in [2.05, 4.69) is 4.74 Å². The molecule has 0 saturated carbocycles. The Morgan fingerprint density at radius 1 is 1.69 bits per heavy atom. The van der Waals surface area contributed by atoms with Gasteiger partial charge in [-0.05, 0) is 13.5 Å². The number of methoxy groups -OCH3 is 1. The third-order valence-electron chi connectivity index (χ3n) is 2.50. The number of alkyl halides is 1. The molecular weight excluding hydrogens is 173 g/mol.